The first-order chi connectivity index (χ1) is 9.20. The Bertz CT molecular complexity index is 507. The Balaban J connectivity index is 1.96. The number of morpholine rings is 1. The van der Waals surface area contributed by atoms with Crippen molar-refractivity contribution in [2.24, 2.45) is 0 Å². The first-order valence-corrected chi connectivity index (χ1v) is 7.05. The number of aryl methyl sites for hydroxylation is 1. The number of nitriles is 1. The molecule has 1 amide bonds. The molecule has 0 bridgehead atoms. The number of thioether (sulfide) groups is 1. The van der Waals surface area contributed by atoms with Crippen molar-refractivity contribution in [2.45, 2.75) is 11.9 Å². The van der Waals surface area contributed by atoms with E-state index in [0.29, 0.717) is 42.6 Å². The number of amides is 1. The van der Waals surface area contributed by atoms with Gasteiger partial charge >= 0.3 is 0 Å². The molecule has 5 nitrogen and oxygen atoms in total. The van der Waals surface area contributed by atoms with Gasteiger partial charge in [0.15, 0.2) is 0 Å². The van der Waals surface area contributed by atoms with Gasteiger partial charge in [-0.05, 0) is 19.1 Å². The lowest BCUT2D eigenvalue weighted by atomic mass is 10.3. The summed E-state index contributed by atoms with van der Waals surface area (Å²) in [5.41, 5.74) is 1.37. The van der Waals surface area contributed by atoms with Crippen molar-refractivity contribution in [2.75, 3.05) is 32.1 Å². The molecule has 1 fully saturated rings. The Morgan fingerprint density at radius 1 is 1.53 bits per heavy atom. The van der Waals surface area contributed by atoms with E-state index in [0.717, 1.165) is 5.69 Å². The smallest absolute Gasteiger partial charge is 0.233 e. The van der Waals surface area contributed by atoms with Crippen molar-refractivity contribution >= 4 is 17.7 Å². The predicted molar refractivity (Wildman–Crippen MR) is 71.8 cm³/mol. The molecule has 6 heteroatoms. The lowest BCUT2D eigenvalue weighted by Crippen LogP contribution is -2.41. The Hall–Kier alpha value is -1.58. The quantitative estimate of drug-likeness (QED) is 0.777. The maximum atomic E-state index is 12.0. The average Bonchev–Trinajstić information content (AvgIpc) is 2.46. The van der Waals surface area contributed by atoms with E-state index in [1.165, 1.54) is 11.8 Å². The SMILES string of the molecule is Cc1ccc(C#N)c(SCC(=O)N2CCOCC2)n1. The highest BCUT2D eigenvalue weighted by atomic mass is 32.2. The molecule has 100 valence electrons. The number of aromatic nitrogens is 1. The third-order valence-corrected chi connectivity index (χ3v) is 3.79. The normalized spacial score (nSPS) is 15.1. The van der Waals surface area contributed by atoms with Crippen LogP contribution in [0.4, 0.5) is 0 Å². The van der Waals surface area contributed by atoms with Crippen molar-refractivity contribution in [1.29, 1.82) is 5.26 Å². The second-order valence-electron chi connectivity index (χ2n) is 4.20. The first-order valence-electron chi connectivity index (χ1n) is 6.07. The minimum Gasteiger partial charge on any atom is -0.378 e. The van der Waals surface area contributed by atoms with Crippen LogP contribution < -0.4 is 0 Å². The van der Waals surface area contributed by atoms with Crippen molar-refractivity contribution in [3.63, 3.8) is 0 Å². The molecular weight excluding hydrogens is 262 g/mol. The summed E-state index contributed by atoms with van der Waals surface area (Å²) in [6.45, 7) is 4.36. The van der Waals surface area contributed by atoms with Crippen LogP contribution in [0.25, 0.3) is 0 Å². The van der Waals surface area contributed by atoms with E-state index in [1.807, 2.05) is 6.92 Å². The van der Waals surface area contributed by atoms with E-state index >= 15 is 0 Å². The summed E-state index contributed by atoms with van der Waals surface area (Å²) in [5, 5.41) is 9.64. The summed E-state index contributed by atoms with van der Waals surface area (Å²) in [6, 6.07) is 5.64. The molecule has 0 atom stereocenters. The average molecular weight is 277 g/mol. The standard InChI is InChI=1S/C13H15N3O2S/c1-10-2-3-11(8-14)13(15-10)19-9-12(17)16-4-6-18-7-5-16/h2-3H,4-7,9H2,1H3. The van der Waals surface area contributed by atoms with Crippen molar-refractivity contribution < 1.29 is 9.53 Å². The molecule has 2 rings (SSSR count). The van der Waals surface area contributed by atoms with Gasteiger partial charge in [-0.15, -0.1) is 0 Å². The molecule has 1 aromatic heterocycles. The van der Waals surface area contributed by atoms with Gasteiger partial charge in [-0.1, -0.05) is 11.8 Å². The van der Waals surface area contributed by atoms with E-state index in [-0.39, 0.29) is 5.91 Å². The molecule has 0 aliphatic carbocycles. The van der Waals surface area contributed by atoms with E-state index in [9.17, 15) is 4.79 Å². The zero-order valence-electron chi connectivity index (χ0n) is 10.8. The molecule has 1 aliphatic heterocycles. The molecule has 1 aliphatic rings. The fourth-order valence-electron chi connectivity index (χ4n) is 1.76. The largest absolute Gasteiger partial charge is 0.378 e. The summed E-state index contributed by atoms with van der Waals surface area (Å²) in [5.74, 6) is 0.381. The summed E-state index contributed by atoms with van der Waals surface area (Å²) < 4.78 is 5.21. The van der Waals surface area contributed by atoms with Crippen LogP contribution in [0.15, 0.2) is 17.2 Å². The summed E-state index contributed by atoms with van der Waals surface area (Å²) in [4.78, 5) is 18.1. The zero-order chi connectivity index (χ0) is 13.7. The number of hydrogen-bond donors (Lipinski definition) is 0. The van der Waals surface area contributed by atoms with Gasteiger partial charge in [-0.25, -0.2) is 4.98 Å². The van der Waals surface area contributed by atoms with Gasteiger partial charge in [-0.3, -0.25) is 4.79 Å². The molecule has 2 heterocycles. The second kappa shape index (κ2) is 6.55. The highest BCUT2D eigenvalue weighted by Crippen LogP contribution is 2.21. The fourth-order valence-corrected chi connectivity index (χ4v) is 2.68. The van der Waals surface area contributed by atoms with Gasteiger partial charge < -0.3 is 9.64 Å². The lowest BCUT2D eigenvalue weighted by molar-refractivity contribution is -0.132. The number of rotatable bonds is 3. The van der Waals surface area contributed by atoms with Gasteiger partial charge in [-0.2, -0.15) is 5.26 Å². The van der Waals surface area contributed by atoms with Gasteiger partial charge in [0, 0.05) is 18.8 Å². The van der Waals surface area contributed by atoms with Gasteiger partial charge in [0.1, 0.15) is 11.1 Å². The van der Waals surface area contributed by atoms with Crippen LogP contribution in [0.3, 0.4) is 0 Å². The van der Waals surface area contributed by atoms with Crippen LogP contribution in [0.5, 0.6) is 0 Å². The van der Waals surface area contributed by atoms with Crippen LogP contribution in [0, 0.1) is 18.3 Å². The van der Waals surface area contributed by atoms with E-state index < -0.39 is 0 Å². The van der Waals surface area contributed by atoms with Gasteiger partial charge in [0.2, 0.25) is 5.91 Å². The van der Waals surface area contributed by atoms with Gasteiger partial charge in [0.05, 0.1) is 24.5 Å². The van der Waals surface area contributed by atoms with Gasteiger partial charge in [0.25, 0.3) is 0 Å². The number of pyridine rings is 1. The third kappa shape index (κ3) is 3.69. The summed E-state index contributed by atoms with van der Waals surface area (Å²) >= 11 is 1.32. The molecule has 0 saturated carbocycles. The lowest BCUT2D eigenvalue weighted by Gasteiger charge is -2.26. The highest BCUT2D eigenvalue weighted by molar-refractivity contribution is 7.99. The zero-order valence-corrected chi connectivity index (χ0v) is 11.6. The van der Waals surface area contributed by atoms with Crippen LogP contribution >= 0.6 is 11.8 Å². The first kappa shape index (κ1) is 13.8. The Morgan fingerprint density at radius 2 is 2.26 bits per heavy atom. The molecule has 19 heavy (non-hydrogen) atoms. The minimum absolute atomic E-state index is 0.0699. The second-order valence-corrected chi connectivity index (χ2v) is 5.16. The molecule has 0 aromatic carbocycles. The van der Waals surface area contributed by atoms with Crippen LogP contribution in [-0.4, -0.2) is 47.8 Å². The number of ether oxygens (including phenoxy) is 1. The maximum Gasteiger partial charge on any atom is 0.233 e. The third-order valence-electron chi connectivity index (χ3n) is 2.82. The topological polar surface area (TPSA) is 66.2 Å². The van der Waals surface area contributed by atoms with Crippen molar-refractivity contribution in [1.82, 2.24) is 9.88 Å². The Kier molecular flexibility index (Phi) is 4.77. The molecule has 1 saturated heterocycles. The molecule has 0 spiro atoms. The summed E-state index contributed by atoms with van der Waals surface area (Å²) in [6.07, 6.45) is 0. The Labute approximate surface area is 116 Å². The minimum atomic E-state index is 0.0699. The predicted octanol–water partition coefficient (Wildman–Crippen LogP) is 1.21. The summed E-state index contributed by atoms with van der Waals surface area (Å²) in [7, 11) is 0. The Morgan fingerprint density at radius 3 is 2.95 bits per heavy atom. The van der Waals surface area contributed by atoms with E-state index in [2.05, 4.69) is 11.1 Å². The number of carbonyl (C=O) groups excluding carboxylic acids is 1. The van der Waals surface area contributed by atoms with Crippen LogP contribution in [0.2, 0.25) is 0 Å². The number of carbonyl (C=O) groups is 1. The van der Waals surface area contributed by atoms with Crippen molar-refractivity contribution in [3.05, 3.63) is 23.4 Å². The molecule has 0 unspecified atom stereocenters. The van der Waals surface area contributed by atoms with Crippen LogP contribution in [0.1, 0.15) is 11.3 Å². The monoisotopic (exact) mass is 277 g/mol. The van der Waals surface area contributed by atoms with E-state index in [4.69, 9.17) is 10.00 Å². The molecule has 1 aromatic rings. The molecule has 0 radical (unpaired) electrons. The maximum absolute atomic E-state index is 12.0. The molecular formula is C13H15N3O2S. The highest BCUT2D eigenvalue weighted by Gasteiger charge is 2.17. The van der Waals surface area contributed by atoms with Crippen LogP contribution in [-0.2, 0) is 9.53 Å². The fraction of sp³-hybridized carbons (Fsp3) is 0.462. The molecule has 0 N–H and O–H groups in total. The number of nitrogens with zero attached hydrogens (tertiary/aromatic N) is 3. The van der Waals surface area contributed by atoms with Crippen molar-refractivity contribution in [3.8, 4) is 6.07 Å². The number of hydrogen-bond acceptors (Lipinski definition) is 5. The van der Waals surface area contributed by atoms with E-state index in [1.54, 1.807) is 17.0 Å².